The van der Waals surface area contributed by atoms with Crippen LogP contribution in [0.2, 0.25) is 0 Å². The number of carbonyl (C=O) groups is 1. The molecule has 3 rings (SSSR count). The number of nitrogens with zero attached hydrogens (tertiary/aromatic N) is 2. The summed E-state index contributed by atoms with van der Waals surface area (Å²) in [5.74, 6) is 0.977. The van der Waals surface area contributed by atoms with E-state index >= 15 is 0 Å². The Balaban J connectivity index is 1.55. The molecule has 5 nitrogen and oxygen atoms in total. The van der Waals surface area contributed by atoms with E-state index in [9.17, 15) is 4.79 Å². The third-order valence-electron chi connectivity index (χ3n) is 5.33. The zero-order valence-electron chi connectivity index (χ0n) is 16.4. The van der Waals surface area contributed by atoms with E-state index in [-0.39, 0.29) is 18.0 Å². The molecular weight excluding hydrogens is 338 g/mol. The SMILES string of the molecule is COc1ccccc1N1CCN([C@@H](C)C(=O)N[C@@H](C)c2ccccc2)CC1. The van der Waals surface area contributed by atoms with Crippen molar-refractivity contribution in [1.29, 1.82) is 0 Å². The minimum atomic E-state index is -0.143. The van der Waals surface area contributed by atoms with Gasteiger partial charge >= 0.3 is 0 Å². The number of benzene rings is 2. The molecule has 0 radical (unpaired) electrons. The number of hydrogen-bond donors (Lipinski definition) is 1. The highest BCUT2D eigenvalue weighted by molar-refractivity contribution is 5.81. The number of para-hydroxylation sites is 2. The van der Waals surface area contributed by atoms with Gasteiger partial charge in [0.1, 0.15) is 5.75 Å². The Hall–Kier alpha value is -2.53. The predicted octanol–water partition coefficient (Wildman–Crippen LogP) is 3.08. The van der Waals surface area contributed by atoms with Gasteiger partial charge in [-0.05, 0) is 31.5 Å². The normalized spacial score (nSPS) is 17.2. The van der Waals surface area contributed by atoms with Gasteiger partial charge in [0.05, 0.1) is 24.9 Å². The van der Waals surface area contributed by atoms with Gasteiger partial charge in [0.2, 0.25) is 5.91 Å². The summed E-state index contributed by atoms with van der Waals surface area (Å²) < 4.78 is 5.48. The molecule has 0 aliphatic carbocycles. The van der Waals surface area contributed by atoms with Gasteiger partial charge in [-0.25, -0.2) is 0 Å². The van der Waals surface area contributed by atoms with Crippen LogP contribution in [-0.2, 0) is 4.79 Å². The Morgan fingerprint density at radius 1 is 0.963 bits per heavy atom. The van der Waals surface area contributed by atoms with Gasteiger partial charge in [-0.15, -0.1) is 0 Å². The quantitative estimate of drug-likeness (QED) is 0.852. The summed E-state index contributed by atoms with van der Waals surface area (Å²) in [6, 6.07) is 18.0. The van der Waals surface area contributed by atoms with Crippen molar-refractivity contribution in [1.82, 2.24) is 10.2 Å². The van der Waals surface area contributed by atoms with Gasteiger partial charge in [-0.3, -0.25) is 9.69 Å². The number of piperazine rings is 1. The van der Waals surface area contributed by atoms with Crippen LogP contribution in [0.4, 0.5) is 5.69 Å². The summed E-state index contributed by atoms with van der Waals surface area (Å²) in [7, 11) is 1.70. The van der Waals surface area contributed by atoms with Crippen LogP contribution in [0.1, 0.15) is 25.5 Å². The second kappa shape index (κ2) is 8.91. The Labute approximate surface area is 161 Å². The summed E-state index contributed by atoms with van der Waals surface area (Å²) >= 11 is 0. The average molecular weight is 367 g/mol. The molecule has 5 heteroatoms. The maximum Gasteiger partial charge on any atom is 0.237 e. The van der Waals surface area contributed by atoms with Crippen molar-refractivity contribution in [3.8, 4) is 5.75 Å². The molecule has 1 aliphatic rings. The topological polar surface area (TPSA) is 44.8 Å². The number of amides is 1. The van der Waals surface area contributed by atoms with Crippen LogP contribution in [-0.4, -0.2) is 50.1 Å². The van der Waals surface area contributed by atoms with Crippen LogP contribution in [0.25, 0.3) is 0 Å². The molecule has 1 aliphatic heterocycles. The first kappa shape index (κ1) is 19.2. The molecule has 0 spiro atoms. The molecule has 2 aromatic rings. The minimum absolute atomic E-state index is 0.0102. The molecule has 1 amide bonds. The van der Waals surface area contributed by atoms with E-state index < -0.39 is 0 Å². The fraction of sp³-hybridized carbons (Fsp3) is 0.409. The van der Waals surface area contributed by atoms with Crippen LogP contribution < -0.4 is 15.0 Å². The lowest BCUT2D eigenvalue weighted by Gasteiger charge is -2.39. The predicted molar refractivity (Wildman–Crippen MR) is 109 cm³/mol. The number of anilines is 1. The summed E-state index contributed by atoms with van der Waals surface area (Å²) in [5, 5.41) is 3.14. The Morgan fingerprint density at radius 2 is 1.59 bits per heavy atom. The lowest BCUT2D eigenvalue weighted by atomic mass is 10.1. The molecule has 1 N–H and O–H groups in total. The van der Waals surface area contributed by atoms with E-state index in [1.165, 1.54) is 0 Å². The molecule has 1 fully saturated rings. The van der Waals surface area contributed by atoms with Crippen LogP contribution in [0.3, 0.4) is 0 Å². The second-order valence-corrected chi connectivity index (χ2v) is 7.01. The van der Waals surface area contributed by atoms with Gasteiger partial charge in [0, 0.05) is 26.2 Å². The zero-order chi connectivity index (χ0) is 19.2. The van der Waals surface area contributed by atoms with E-state index in [1.54, 1.807) is 7.11 Å². The van der Waals surface area contributed by atoms with Crippen molar-refractivity contribution in [2.45, 2.75) is 25.9 Å². The zero-order valence-corrected chi connectivity index (χ0v) is 16.4. The molecule has 0 unspecified atom stereocenters. The largest absolute Gasteiger partial charge is 0.495 e. The highest BCUT2D eigenvalue weighted by Gasteiger charge is 2.27. The standard InChI is InChI=1S/C22H29N3O2/c1-17(19-9-5-4-6-10-19)23-22(26)18(2)24-13-15-25(16-14-24)20-11-7-8-12-21(20)27-3/h4-12,17-18H,13-16H2,1-3H3,(H,23,26)/t17-,18-/m0/s1. The van der Waals surface area contributed by atoms with Crippen molar-refractivity contribution in [3.63, 3.8) is 0 Å². The molecule has 1 heterocycles. The maximum absolute atomic E-state index is 12.7. The summed E-state index contributed by atoms with van der Waals surface area (Å²) in [6.45, 7) is 7.49. The highest BCUT2D eigenvalue weighted by atomic mass is 16.5. The van der Waals surface area contributed by atoms with Crippen molar-refractivity contribution >= 4 is 11.6 Å². The molecule has 144 valence electrons. The molecule has 0 saturated carbocycles. The summed E-state index contributed by atoms with van der Waals surface area (Å²) in [6.07, 6.45) is 0. The lowest BCUT2D eigenvalue weighted by Crippen LogP contribution is -2.54. The van der Waals surface area contributed by atoms with Crippen molar-refractivity contribution in [2.75, 3.05) is 38.2 Å². The Morgan fingerprint density at radius 3 is 2.26 bits per heavy atom. The first-order valence-electron chi connectivity index (χ1n) is 9.57. The van der Waals surface area contributed by atoms with Gasteiger partial charge in [0.15, 0.2) is 0 Å². The number of rotatable bonds is 6. The van der Waals surface area contributed by atoms with Crippen molar-refractivity contribution < 1.29 is 9.53 Å². The summed E-state index contributed by atoms with van der Waals surface area (Å²) in [4.78, 5) is 17.3. The molecule has 2 atom stereocenters. The van der Waals surface area contributed by atoms with Gasteiger partial charge in [-0.1, -0.05) is 42.5 Å². The second-order valence-electron chi connectivity index (χ2n) is 7.01. The van der Waals surface area contributed by atoms with E-state index in [2.05, 4.69) is 21.2 Å². The van der Waals surface area contributed by atoms with Crippen molar-refractivity contribution in [3.05, 3.63) is 60.2 Å². The van der Waals surface area contributed by atoms with E-state index in [0.717, 1.165) is 43.2 Å². The van der Waals surface area contributed by atoms with Gasteiger partial charge < -0.3 is 15.0 Å². The number of nitrogens with one attached hydrogen (secondary N) is 1. The number of carbonyl (C=O) groups excluding carboxylic acids is 1. The van der Waals surface area contributed by atoms with Gasteiger partial charge in [-0.2, -0.15) is 0 Å². The first-order chi connectivity index (χ1) is 13.1. The number of hydrogen-bond acceptors (Lipinski definition) is 4. The summed E-state index contributed by atoms with van der Waals surface area (Å²) in [5.41, 5.74) is 2.24. The van der Waals surface area contributed by atoms with Crippen LogP contribution in [0.5, 0.6) is 5.75 Å². The third kappa shape index (κ3) is 4.61. The first-order valence-corrected chi connectivity index (χ1v) is 9.57. The molecule has 1 saturated heterocycles. The minimum Gasteiger partial charge on any atom is -0.495 e. The van der Waals surface area contributed by atoms with Crippen LogP contribution in [0.15, 0.2) is 54.6 Å². The van der Waals surface area contributed by atoms with Crippen molar-refractivity contribution in [2.24, 2.45) is 0 Å². The smallest absolute Gasteiger partial charge is 0.237 e. The fourth-order valence-electron chi connectivity index (χ4n) is 3.57. The Bertz CT molecular complexity index is 742. The molecular formula is C22H29N3O2. The maximum atomic E-state index is 12.7. The molecule has 0 aromatic heterocycles. The fourth-order valence-corrected chi connectivity index (χ4v) is 3.57. The third-order valence-corrected chi connectivity index (χ3v) is 5.33. The average Bonchev–Trinajstić information content (AvgIpc) is 2.73. The van der Waals surface area contributed by atoms with Gasteiger partial charge in [0.25, 0.3) is 0 Å². The van der Waals surface area contributed by atoms with E-state index in [0.29, 0.717) is 0 Å². The van der Waals surface area contributed by atoms with E-state index in [1.807, 2.05) is 62.4 Å². The molecule has 0 bridgehead atoms. The molecule has 2 aromatic carbocycles. The van der Waals surface area contributed by atoms with E-state index in [4.69, 9.17) is 4.74 Å². The number of ether oxygens (including phenoxy) is 1. The monoisotopic (exact) mass is 367 g/mol. The van der Waals surface area contributed by atoms with Crippen LogP contribution in [0, 0.1) is 0 Å². The van der Waals surface area contributed by atoms with Crippen LogP contribution >= 0.6 is 0 Å². The molecule has 27 heavy (non-hydrogen) atoms. The Kier molecular flexibility index (Phi) is 6.35. The highest BCUT2D eigenvalue weighted by Crippen LogP contribution is 2.28. The number of methoxy groups -OCH3 is 1. The lowest BCUT2D eigenvalue weighted by molar-refractivity contribution is -0.126.